The van der Waals surface area contributed by atoms with Crippen molar-refractivity contribution >= 4 is 5.91 Å². The molecule has 0 aromatic rings. The van der Waals surface area contributed by atoms with E-state index in [-0.39, 0.29) is 18.1 Å². The maximum atomic E-state index is 11.7. The van der Waals surface area contributed by atoms with Gasteiger partial charge in [0.1, 0.15) is 6.10 Å². The third kappa shape index (κ3) is 7.14. The zero-order valence-corrected chi connectivity index (χ0v) is 10.3. The van der Waals surface area contributed by atoms with E-state index in [0.29, 0.717) is 13.0 Å². The highest BCUT2D eigenvalue weighted by Gasteiger charge is 2.19. The van der Waals surface area contributed by atoms with E-state index in [0.717, 1.165) is 12.0 Å². The van der Waals surface area contributed by atoms with Gasteiger partial charge >= 0.3 is 0 Å². The Hall–Kier alpha value is -0.830. The summed E-state index contributed by atoms with van der Waals surface area (Å²) in [6.45, 7) is 12.2. The van der Waals surface area contributed by atoms with Gasteiger partial charge in [-0.25, -0.2) is 0 Å². The van der Waals surface area contributed by atoms with Gasteiger partial charge in [0.15, 0.2) is 0 Å². The third-order valence-electron chi connectivity index (χ3n) is 1.78. The largest absolute Gasteiger partial charge is 0.368 e. The second-order valence-corrected chi connectivity index (χ2v) is 4.18. The Kier molecular flexibility index (Phi) is 7.05. The van der Waals surface area contributed by atoms with Crippen molar-refractivity contribution in [2.75, 3.05) is 6.61 Å². The number of ether oxygens (including phenoxy) is 1. The molecule has 0 aromatic carbocycles. The van der Waals surface area contributed by atoms with E-state index in [1.165, 1.54) is 0 Å². The average molecular weight is 213 g/mol. The lowest BCUT2D eigenvalue weighted by molar-refractivity contribution is -0.133. The summed E-state index contributed by atoms with van der Waals surface area (Å²) in [6.07, 6.45) is 1.13. The summed E-state index contributed by atoms with van der Waals surface area (Å²) in [5, 5.41) is 2.85. The molecule has 1 N–H and O–H groups in total. The first kappa shape index (κ1) is 14.2. The van der Waals surface area contributed by atoms with Crippen molar-refractivity contribution in [1.29, 1.82) is 0 Å². The molecule has 88 valence electrons. The maximum absolute atomic E-state index is 11.7. The summed E-state index contributed by atoms with van der Waals surface area (Å²) in [6, 6.07) is 0.148. The highest BCUT2D eigenvalue weighted by Crippen LogP contribution is 2.07. The summed E-state index contributed by atoms with van der Waals surface area (Å²) in [4.78, 5) is 11.7. The molecule has 0 radical (unpaired) electrons. The number of hydrogen-bond donors (Lipinski definition) is 1. The lowest BCUT2D eigenvalue weighted by Crippen LogP contribution is -2.40. The predicted octanol–water partition coefficient (Wildman–Crippen LogP) is 2.27. The Morgan fingerprint density at radius 3 is 2.47 bits per heavy atom. The van der Waals surface area contributed by atoms with Crippen LogP contribution in [0.3, 0.4) is 0 Å². The molecule has 1 amide bonds. The van der Waals surface area contributed by atoms with E-state index in [1.54, 1.807) is 0 Å². The lowest BCUT2D eigenvalue weighted by atomic mass is 10.1. The number of carbonyl (C=O) groups excluding carboxylic acids is 1. The number of hydrogen-bond acceptors (Lipinski definition) is 2. The van der Waals surface area contributed by atoms with Crippen LogP contribution < -0.4 is 5.32 Å². The average Bonchev–Trinajstić information content (AvgIpc) is 2.10. The summed E-state index contributed by atoms with van der Waals surface area (Å²) >= 11 is 0. The Bertz CT molecular complexity index is 212. The van der Waals surface area contributed by atoms with Crippen LogP contribution in [0.25, 0.3) is 0 Å². The highest BCUT2D eigenvalue weighted by molar-refractivity contribution is 5.81. The molecule has 0 aliphatic carbocycles. The maximum Gasteiger partial charge on any atom is 0.249 e. The zero-order chi connectivity index (χ0) is 11.8. The van der Waals surface area contributed by atoms with E-state index in [9.17, 15) is 4.79 Å². The summed E-state index contributed by atoms with van der Waals surface area (Å²) < 4.78 is 5.49. The number of carbonyl (C=O) groups is 1. The predicted molar refractivity (Wildman–Crippen MR) is 62.7 cm³/mol. The van der Waals surface area contributed by atoms with Crippen molar-refractivity contribution in [2.45, 2.75) is 52.7 Å². The van der Waals surface area contributed by atoms with E-state index >= 15 is 0 Å². The molecular weight excluding hydrogens is 190 g/mol. The Labute approximate surface area is 92.9 Å². The SMILES string of the molecule is C=C(C)CC(OCCC)C(=O)NC(C)C. The standard InChI is InChI=1S/C12H23NO2/c1-6-7-15-11(8-9(2)3)12(14)13-10(4)5/h10-11H,2,6-8H2,1,3-5H3,(H,13,14). The summed E-state index contributed by atoms with van der Waals surface area (Å²) in [7, 11) is 0. The number of nitrogens with one attached hydrogen (secondary N) is 1. The quantitative estimate of drug-likeness (QED) is 0.659. The van der Waals surface area contributed by atoms with Crippen LogP contribution >= 0.6 is 0 Å². The fourth-order valence-electron chi connectivity index (χ4n) is 1.18. The Morgan fingerprint density at radius 2 is 2.07 bits per heavy atom. The van der Waals surface area contributed by atoms with Crippen LogP contribution in [0.2, 0.25) is 0 Å². The van der Waals surface area contributed by atoms with Gasteiger partial charge in [-0.3, -0.25) is 4.79 Å². The van der Waals surface area contributed by atoms with Gasteiger partial charge in [-0.15, -0.1) is 6.58 Å². The van der Waals surface area contributed by atoms with Gasteiger partial charge in [0.05, 0.1) is 0 Å². The van der Waals surface area contributed by atoms with Crippen LogP contribution in [-0.2, 0) is 9.53 Å². The molecular formula is C12H23NO2. The topological polar surface area (TPSA) is 38.3 Å². The van der Waals surface area contributed by atoms with Crippen molar-refractivity contribution in [3.05, 3.63) is 12.2 Å². The second kappa shape index (κ2) is 7.46. The minimum atomic E-state index is -0.384. The van der Waals surface area contributed by atoms with Gasteiger partial charge in [-0.1, -0.05) is 12.5 Å². The van der Waals surface area contributed by atoms with E-state index in [4.69, 9.17) is 4.74 Å². The van der Waals surface area contributed by atoms with Gasteiger partial charge in [0.2, 0.25) is 5.91 Å². The van der Waals surface area contributed by atoms with Crippen LogP contribution in [0.5, 0.6) is 0 Å². The monoisotopic (exact) mass is 213 g/mol. The summed E-state index contributed by atoms with van der Waals surface area (Å²) in [5.41, 5.74) is 0.968. The molecule has 0 aliphatic heterocycles. The normalized spacial score (nSPS) is 12.6. The fraction of sp³-hybridized carbons (Fsp3) is 0.750. The van der Waals surface area contributed by atoms with Crippen molar-refractivity contribution < 1.29 is 9.53 Å². The lowest BCUT2D eigenvalue weighted by Gasteiger charge is -2.18. The minimum absolute atomic E-state index is 0.0403. The van der Waals surface area contributed by atoms with Crippen LogP contribution in [-0.4, -0.2) is 24.7 Å². The molecule has 1 unspecified atom stereocenters. The van der Waals surface area contributed by atoms with Crippen molar-refractivity contribution in [1.82, 2.24) is 5.32 Å². The first-order chi connectivity index (χ1) is 6.97. The molecule has 1 atom stereocenters. The smallest absolute Gasteiger partial charge is 0.249 e. The van der Waals surface area contributed by atoms with E-state index in [2.05, 4.69) is 11.9 Å². The molecule has 0 aromatic heterocycles. The van der Waals surface area contributed by atoms with Gasteiger partial charge in [-0.05, 0) is 27.2 Å². The first-order valence-corrected chi connectivity index (χ1v) is 5.53. The number of rotatable bonds is 7. The Balaban J connectivity index is 4.20. The molecule has 0 saturated heterocycles. The zero-order valence-electron chi connectivity index (χ0n) is 10.3. The van der Waals surface area contributed by atoms with Gasteiger partial charge < -0.3 is 10.1 Å². The van der Waals surface area contributed by atoms with Crippen LogP contribution in [0.1, 0.15) is 40.5 Å². The fourth-order valence-corrected chi connectivity index (χ4v) is 1.18. The van der Waals surface area contributed by atoms with Crippen LogP contribution in [0.15, 0.2) is 12.2 Å². The molecule has 0 aliphatic rings. The molecule has 0 heterocycles. The van der Waals surface area contributed by atoms with Gasteiger partial charge in [-0.2, -0.15) is 0 Å². The van der Waals surface area contributed by atoms with Crippen molar-refractivity contribution in [3.8, 4) is 0 Å². The molecule has 0 rings (SSSR count). The van der Waals surface area contributed by atoms with Crippen LogP contribution in [0, 0.1) is 0 Å². The highest BCUT2D eigenvalue weighted by atomic mass is 16.5. The summed E-state index contributed by atoms with van der Waals surface area (Å²) in [5.74, 6) is -0.0403. The Morgan fingerprint density at radius 1 is 1.47 bits per heavy atom. The molecule has 3 heteroatoms. The van der Waals surface area contributed by atoms with Crippen molar-refractivity contribution in [3.63, 3.8) is 0 Å². The van der Waals surface area contributed by atoms with Crippen molar-refractivity contribution in [2.24, 2.45) is 0 Å². The molecule has 0 fully saturated rings. The molecule has 3 nitrogen and oxygen atoms in total. The van der Waals surface area contributed by atoms with Crippen LogP contribution in [0.4, 0.5) is 0 Å². The molecule has 0 bridgehead atoms. The minimum Gasteiger partial charge on any atom is -0.368 e. The molecule has 0 spiro atoms. The van der Waals surface area contributed by atoms with E-state index in [1.807, 2.05) is 27.7 Å². The molecule has 0 saturated carbocycles. The first-order valence-electron chi connectivity index (χ1n) is 5.53. The second-order valence-electron chi connectivity index (χ2n) is 4.18. The third-order valence-corrected chi connectivity index (χ3v) is 1.78. The van der Waals surface area contributed by atoms with E-state index < -0.39 is 0 Å². The number of amides is 1. The van der Waals surface area contributed by atoms with Gasteiger partial charge in [0, 0.05) is 19.1 Å². The van der Waals surface area contributed by atoms with Gasteiger partial charge in [0.25, 0.3) is 0 Å². The molecule has 15 heavy (non-hydrogen) atoms.